The molecule has 1 aliphatic rings. The highest BCUT2D eigenvalue weighted by Crippen LogP contribution is 2.19. The Morgan fingerprint density at radius 2 is 2.23 bits per heavy atom. The molecule has 1 fully saturated rings. The maximum Gasteiger partial charge on any atom is 0.225 e. The second-order valence-corrected chi connectivity index (χ2v) is 5.90. The predicted molar refractivity (Wildman–Crippen MR) is 85.7 cm³/mol. The maximum atomic E-state index is 12.3. The minimum absolute atomic E-state index is 0.0172. The Hall–Kier alpha value is -1.69. The van der Waals surface area contributed by atoms with Crippen molar-refractivity contribution in [1.82, 2.24) is 15.3 Å². The number of piperidine rings is 1. The van der Waals surface area contributed by atoms with Gasteiger partial charge in [0.2, 0.25) is 11.9 Å². The second-order valence-electron chi connectivity index (χ2n) is 5.90. The molecule has 1 N–H and O–H groups in total. The number of nitrogens with one attached hydrogen (secondary N) is 1. The summed E-state index contributed by atoms with van der Waals surface area (Å²) in [6, 6.07) is 1.80. The van der Waals surface area contributed by atoms with E-state index in [1.165, 1.54) is 0 Å². The third kappa shape index (κ3) is 5.26. The third-order valence-corrected chi connectivity index (χ3v) is 3.70. The standard InChI is InChI=1S/C16H26N4O2/c1-13(2)22-11-5-9-17-15(21)14-6-3-10-20(12-14)16-18-7-4-8-19-16/h4,7-8,13-14H,3,5-6,9-12H2,1-2H3,(H,17,21). The zero-order valence-electron chi connectivity index (χ0n) is 13.5. The number of nitrogens with zero attached hydrogens (tertiary/aromatic N) is 3. The Labute approximate surface area is 132 Å². The van der Waals surface area contributed by atoms with Crippen LogP contribution in [0, 0.1) is 5.92 Å². The first-order valence-electron chi connectivity index (χ1n) is 8.08. The van der Waals surface area contributed by atoms with Crippen LogP contribution in [-0.4, -0.2) is 48.2 Å². The molecule has 22 heavy (non-hydrogen) atoms. The van der Waals surface area contributed by atoms with E-state index in [-0.39, 0.29) is 17.9 Å². The molecule has 1 atom stereocenters. The molecule has 1 aromatic heterocycles. The van der Waals surface area contributed by atoms with Gasteiger partial charge >= 0.3 is 0 Å². The SMILES string of the molecule is CC(C)OCCCNC(=O)C1CCCN(c2ncccn2)C1. The Kier molecular flexibility index (Phi) is 6.58. The van der Waals surface area contributed by atoms with Crippen LogP contribution in [0.25, 0.3) is 0 Å². The molecule has 2 rings (SSSR count). The van der Waals surface area contributed by atoms with Crippen LogP contribution in [0.2, 0.25) is 0 Å². The van der Waals surface area contributed by atoms with Crippen LogP contribution in [0.15, 0.2) is 18.5 Å². The van der Waals surface area contributed by atoms with Gasteiger partial charge in [-0.2, -0.15) is 0 Å². The van der Waals surface area contributed by atoms with Crippen LogP contribution < -0.4 is 10.2 Å². The minimum Gasteiger partial charge on any atom is -0.379 e. The van der Waals surface area contributed by atoms with Crippen LogP contribution >= 0.6 is 0 Å². The molecule has 0 spiro atoms. The molecule has 122 valence electrons. The Balaban J connectivity index is 1.73. The summed E-state index contributed by atoms with van der Waals surface area (Å²) in [6.45, 7) is 6.99. The van der Waals surface area contributed by atoms with E-state index in [0.29, 0.717) is 25.6 Å². The molecule has 1 saturated heterocycles. The fourth-order valence-electron chi connectivity index (χ4n) is 2.57. The van der Waals surface area contributed by atoms with Crippen molar-refractivity contribution in [3.8, 4) is 0 Å². The van der Waals surface area contributed by atoms with Crippen molar-refractivity contribution in [3.63, 3.8) is 0 Å². The van der Waals surface area contributed by atoms with E-state index >= 15 is 0 Å². The normalized spacial score (nSPS) is 18.5. The third-order valence-electron chi connectivity index (χ3n) is 3.70. The van der Waals surface area contributed by atoms with Gasteiger partial charge in [0.05, 0.1) is 12.0 Å². The zero-order chi connectivity index (χ0) is 15.8. The van der Waals surface area contributed by atoms with Gasteiger partial charge in [-0.15, -0.1) is 0 Å². The molecule has 0 saturated carbocycles. The number of anilines is 1. The van der Waals surface area contributed by atoms with Crippen LogP contribution in [0.1, 0.15) is 33.1 Å². The summed E-state index contributed by atoms with van der Waals surface area (Å²) in [5.74, 6) is 0.860. The largest absolute Gasteiger partial charge is 0.379 e. The monoisotopic (exact) mass is 306 g/mol. The average molecular weight is 306 g/mol. The summed E-state index contributed by atoms with van der Waals surface area (Å²) in [5, 5.41) is 3.01. The van der Waals surface area contributed by atoms with Gasteiger partial charge in [-0.3, -0.25) is 4.79 Å². The van der Waals surface area contributed by atoms with E-state index in [9.17, 15) is 4.79 Å². The lowest BCUT2D eigenvalue weighted by molar-refractivity contribution is -0.125. The van der Waals surface area contributed by atoms with Crippen molar-refractivity contribution in [2.24, 2.45) is 5.92 Å². The molecular formula is C16H26N4O2. The lowest BCUT2D eigenvalue weighted by atomic mass is 9.97. The first kappa shape index (κ1) is 16.7. The van der Waals surface area contributed by atoms with E-state index in [0.717, 1.165) is 25.8 Å². The second kappa shape index (κ2) is 8.68. The molecule has 0 aliphatic carbocycles. The highest BCUT2D eigenvalue weighted by atomic mass is 16.5. The molecule has 0 bridgehead atoms. The van der Waals surface area contributed by atoms with E-state index in [1.54, 1.807) is 18.5 Å². The molecule has 6 heteroatoms. The van der Waals surface area contributed by atoms with E-state index in [2.05, 4.69) is 20.2 Å². The van der Waals surface area contributed by atoms with Gasteiger partial charge in [-0.1, -0.05) is 0 Å². The number of aromatic nitrogens is 2. The number of rotatable bonds is 7. The van der Waals surface area contributed by atoms with Crippen molar-refractivity contribution in [2.45, 2.75) is 39.2 Å². The summed E-state index contributed by atoms with van der Waals surface area (Å²) in [4.78, 5) is 22.9. The molecule has 0 aromatic carbocycles. The summed E-state index contributed by atoms with van der Waals surface area (Å²) >= 11 is 0. The van der Waals surface area contributed by atoms with E-state index in [1.807, 2.05) is 13.8 Å². The maximum absolute atomic E-state index is 12.3. The molecule has 1 aliphatic heterocycles. The smallest absolute Gasteiger partial charge is 0.225 e. The van der Waals surface area contributed by atoms with Gasteiger partial charge in [0, 0.05) is 38.6 Å². The van der Waals surface area contributed by atoms with Crippen LogP contribution in [0.3, 0.4) is 0 Å². The summed E-state index contributed by atoms with van der Waals surface area (Å²) in [5.41, 5.74) is 0. The van der Waals surface area contributed by atoms with Crippen LogP contribution in [0.5, 0.6) is 0 Å². The van der Waals surface area contributed by atoms with Gasteiger partial charge in [0.15, 0.2) is 0 Å². The number of carbonyl (C=O) groups excluding carboxylic acids is 1. The van der Waals surface area contributed by atoms with Gasteiger partial charge in [0.25, 0.3) is 0 Å². The van der Waals surface area contributed by atoms with Crippen molar-refractivity contribution in [1.29, 1.82) is 0 Å². The van der Waals surface area contributed by atoms with Crippen molar-refractivity contribution in [2.75, 3.05) is 31.1 Å². The first-order chi connectivity index (χ1) is 10.7. The molecule has 1 unspecified atom stereocenters. The Morgan fingerprint density at radius 1 is 1.45 bits per heavy atom. The van der Waals surface area contributed by atoms with Crippen LogP contribution in [-0.2, 0) is 9.53 Å². The van der Waals surface area contributed by atoms with Gasteiger partial charge in [-0.25, -0.2) is 9.97 Å². The fraction of sp³-hybridized carbons (Fsp3) is 0.688. The number of hydrogen-bond acceptors (Lipinski definition) is 5. The van der Waals surface area contributed by atoms with Crippen molar-refractivity contribution >= 4 is 11.9 Å². The van der Waals surface area contributed by atoms with E-state index in [4.69, 9.17) is 4.74 Å². The number of ether oxygens (including phenoxy) is 1. The summed E-state index contributed by atoms with van der Waals surface area (Å²) < 4.78 is 5.47. The van der Waals surface area contributed by atoms with Crippen LogP contribution in [0.4, 0.5) is 5.95 Å². The highest BCUT2D eigenvalue weighted by Gasteiger charge is 2.26. The van der Waals surface area contributed by atoms with E-state index < -0.39 is 0 Å². The lowest BCUT2D eigenvalue weighted by Gasteiger charge is -2.31. The number of hydrogen-bond donors (Lipinski definition) is 1. The van der Waals surface area contributed by atoms with Crippen molar-refractivity contribution < 1.29 is 9.53 Å². The first-order valence-corrected chi connectivity index (χ1v) is 8.08. The molecule has 1 aromatic rings. The summed E-state index contributed by atoms with van der Waals surface area (Å²) in [6.07, 6.45) is 6.49. The quantitative estimate of drug-likeness (QED) is 0.775. The molecule has 1 amide bonds. The molecule has 0 radical (unpaired) electrons. The Bertz CT molecular complexity index is 453. The molecule has 2 heterocycles. The number of carbonyl (C=O) groups is 1. The minimum atomic E-state index is 0.0172. The molecule has 6 nitrogen and oxygen atoms in total. The van der Waals surface area contributed by atoms with Crippen molar-refractivity contribution in [3.05, 3.63) is 18.5 Å². The predicted octanol–water partition coefficient (Wildman–Crippen LogP) is 1.62. The fourth-order valence-corrected chi connectivity index (χ4v) is 2.57. The van der Waals surface area contributed by atoms with Gasteiger partial charge in [0.1, 0.15) is 0 Å². The Morgan fingerprint density at radius 3 is 2.95 bits per heavy atom. The lowest BCUT2D eigenvalue weighted by Crippen LogP contribution is -2.44. The molecular weight excluding hydrogens is 280 g/mol. The summed E-state index contributed by atoms with van der Waals surface area (Å²) in [7, 11) is 0. The van der Waals surface area contributed by atoms with Gasteiger partial charge in [-0.05, 0) is 39.2 Å². The topological polar surface area (TPSA) is 67.3 Å². The number of amides is 1. The van der Waals surface area contributed by atoms with Gasteiger partial charge < -0.3 is 15.0 Å². The zero-order valence-corrected chi connectivity index (χ0v) is 13.5. The average Bonchev–Trinajstić information content (AvgIpc) is 2.55. The highest BCUT2D eigenvalue weighted by molar-refractivity contribution is 5.79.